The van der Waals surface area contributed by atoms with Crippen LogP contribution in [0.3, 0.4) is 0 Å². The zero-order chi connectivity index (χ0) is 20.3. The van der Waals surface area contributed by atoms with Gasteiger partial charge in [-0.1, -0.05) is 43.3 Å². The maximum absolute atomic E-state index is 10.3. The van der Waals surface area contributed by atoms with Gasteiger partial charge in [0.25, 0.3) is 0 Å². The van der Waals surface area contributed by atoms with Crippen LogP contribution >= 0.6 is 11.6 Å². The van der Waals surface area contributed by atoms with E-state index in [4.69, 9.17) is 21.1 Å². The van der Waals surface area contributed by atoms with E-state index in [0.717, 1.165) is 16.9 Å². The van der Waals surface area contributed by atoms with Crippen molar-refractivity contribution in [3.05, 3.63) is 64.2 Å². The van der Waals surface area contributed by atoms with E-state index in [2.05, 4.69) is 0 Å². The van der Waals surface area contributed by atoms with Crippen molar-refractivity contribution >= 4 is 11.6 Å². The van der Waals surface area contributed by atoms with Crippen LogP contribution < -0.4 is 4.74 Å². The first-order chi connectivity index (χ1) is 13.4. The van der Waals surface area contributed by atoms with E-state index >= 15 is 0 Å². The van der Waals surface area contributed by atoms with Crippen LogP contribution in [0.25, 0.3) is 0 Å². The van der Waals surface area contributed by atoms with Crippen molar-refractivity contribution < 1.29 is 29.9 Å². The minimum atomic E-state index is -1.42. The minimum Gasteiger partial charge on any atom is -0.494 e. The van der Waals surface area contributed by atoms with Gasteiger partial charge in [-0.25, -0.2) is 0 Å². The first-order valence-corrected chi connectivity index (χ1v) is 9.63. The summed E-state index contributed by atoms with van der Waals surface area (Å²) >= 11 is 6.35. The Morgan fingerprint density at radius 3 is 2.31 bits per heavy atom. The first-order valence-electron chi connectivity index (χ1n) is 9.25. The molecular formula is C22H29ClO6. The topological polar surface area (TPSA) is 99.4 Å². The molecule has 0 spiro atoms. The third kappa shape index (κ3) is 5.28. The Labute approximate surface area is 176 Å². The van der Waals surface area contributed by atoms with Crippen molar-refractivity contribution in [3.8, 4) is 5.75 Å². The lowest BCUT2D eigenvalue weighted by molar-refractivity contribution is -0.231. The number of aliphatic hydroxyl groups is 4. The second-order valence-electron chi connectivity index (χ2n) is 6.85. The van der Waals surface area contributed by atoms with E-state index < -0.39 is 37.1 Å². The van der Waals surface area contributed by atoms with Gasteiger partial charge in [-0.05, 0) is 48.2 Å². The molecule has 0 aliphatic carbocycles. The van der Waals surface area contributed by atoms with Crippen LogP contribution in [0.5, 0.6) is 5.75 Å². The second-order valence-corrected chi connectivity index (χ2v) is 7.26. The van der Waals surface area contributed by atoms with Gasteiger partial charge in [0.2, 0.25) is 0 Å². The molecular weight excluding hydrogens is 396 g/mol. The molecule has 0 aromatic heterocycles. The predicted octanol–water partition coefficient (Wildman–Crippen LogP) is 2.48. The van der Waals surface area contributed by atoms with Crippen LogP contribution in [0.4, 0.5) is 0 Å². The highest BCUT2D eigenvalue weighted by Crippen LogP contribution is 2.34. The molecule has 5 atom stereocenters. The molecule has 0 radical (unpaired) electrons. The molecule has 1 fully saturated rings. The van der Waals surface area contributed by atoms with E-state index in [1.54, 1.807) is 12.1 Å². The van der Waals surface area contributed by atoms with E-state index in [9.17, 15) is 20.4 Å². The van der Waals surface area contributed by atoms with Gasteiger partial charge < -0.3 is 29.9 Å². The molecule has 1 aliphatic rings. The van der Waals surface area contributed by atoms with E-state index in [1.807, 2.05) is 37.3 Å². The van der Waals surface area contributed by atoms with Crippen molar-refractivity contribution in [1.82, 2.24) is 0 Å². The van der Waals surface area contributed by atoms with Gasteiger partial charge >= 0.3 is 0 Å². The number of ether oxygens (including phenoxy) is 2. The standard InChI is InChI=1S/C21H25ClO6.CH4/c1-2-27-15-6-3-12(4-7-15)9-14-10-13(5-8-16(14)22)21-20(26)19(25)18(24)17(11-23)28-21;/h3-8,10,17-21,23-26H,2,9,11H2,1H3;1H4/t17-,18-,19+,20-,21+;/m1./s1. The van der Waals surface area contributed by atoms with Crippen molar-refractivity contribution in [3.63, 3.8) is 0 Å². The van der Waals surface area contributed by atoms with Crippen LogP contribution in [0.15, 0.2) is 42.5 Å². The van der Waals surface area contributed by atoms with Gasteiger partial charge in [0.1, 0.15) is 36.3 Å². The number of benzene rings is 2. The molecule has 6 nitrogen and oxygen atoms in total. The molecule has 160 valence electrons. The summed E-state index contributed by atoms with van der Waals surface area (Å²) in [5, 5.41) is 40.3. The van der Waals surface area contributed by atoms with Gasteiger partial charge in [-0.15, -0.1) is 0 Å². The summed E-state index contributed by atoms with van der Waals surface area (Å²) in [6.07, 6.45) is -5.39. The molecule has 2 aromatic carbocycles. The number of halogens is 1. The first kappa shape index (κ1) is 23.6. The zero-order valence-corrected chi connectivity index (χ0v) is 16.3. The Balaban J connectivity index is 0.00000300. The monoisotopic (exact) mass is 424 g/mol. The maximum Gasteiger partial charge on any atom is 0.119 e. The Hall–Kier alpha value is -1.67. The highest BCUT2D eigenvalue weighted by molar-refractivity contribution is 6.31. The smallest absolute Gasteiger partial charge is 0.119 e. The maximum atomic E-state index is 10.3. The molecule has 1 aliphatic heterocycles. The summed E-state index contributed by atoms with van der Waals surface area (Å²) < 4.78 is 11.1. The number of hydrogen-bond acceptors (Lipinski definition) is 6. The van der Waals surface area contributed by atoms with Crippen molar-refractivity contribution in [2.24, 2.45) is 0 Å². The van der Waals surface area contributed by atoms with Crippen molar-refractivity contribution in [2.45, 2.75) is 51.3 Å². The number of rotatable bonds is 6. The summed E-state index contributed by atoms with van der Waals surface area (Å²) in [7, 11) is 0. The molecule has 4 N–H and O–H groups in total. The third-order valence-corrected chi connectivity index (χ3v) is 5.29. The lowest BCUT2D eigenvalue weighted by atomic mass is 9.90. The van der Waals surface area contributed by atoms with Crippen molar-refractivity contribution in [2.75, 3.05) is 13.2 Å². The van der Waals surface area contributed by atoms with Crippen LogP contribution in [-0.2, 0) is 11.2 Å². The van der Waals surface area contributed by atoms with E-state index in [-0.39, 0.29) is 7.43 Å². The molecule has 29 heavy (non-hydrogen) atoms. The molecule has 1 heterocycles. The fraction of sp³-hybridized carbons (Fsp3) is 0.455. The van der Waals surface area contributed by atoms with Crippen LogP contribution in [0.1, 0.15) is 37.1 Å². The highest BCUT2D eigenvalue weighted by Gasteiger charge is 2.43. The molecule has 7 heteroatoms. The fourth-order valence-corrected chi connectivity index (χ4v) is 3.56. The number of aliphatic hydroxyl groups excluding tert-OH is 4. The summed E-state index contributed by atoms with van der Waals surface area (Å²) in [5.41, 5.74) is 2.49. The second kappa shape index (κ2) is 10.4. The molecule has 0 saturated carbocycles. The third-order valence-electron chi connectivity index (χ3n) is 4.92. The summed E-state index contributed by atoms with van der Waals surface area (Å²) in [6.45, 7) is 2.07. The van der Waals surface area contributed by atoms with Crippen molar-refractivity contribution in [1.29, 1.82) is 0 Å². The van der Waals surface area contributed by atoms with Crippen LogP contribution in [0.2, 0.25) is 5.02 Å². The van der Waals surface area contributed by atoms with Gasteiger partial charge in [0, 0.05) is 5.02 Å². The quantitative estimate of drug-likeness (QED) is 0.568. The lowest BCUT2D eigenvalue weighted by Gasteiger charge is -2.40. The minimum absolute atomic E-state index is 0. The molecule has 0 unspecified atom stereocenters. The predicted molar refractivity (Wildman–Crippen MR) is 111 cm³/mol. The molecule has 0 amide bonds. The Morgan fingerprint density at radius 1 is 1.00 bits per heavy atom. The fourth-order valence-electron chi connectivity index (χ4n) is 3.37. The van der Waals surface area contributed by atoms with Crippen LogP contribution in [-0.4, -0.2) is 58.1 Å². The average Bonchev–Trinajstić information content (AvgIpc) is 2.70. The summed E-state index contributed by atoms with van der Waals surface area (Å²) in [6, 6.07) is 12.9. The van der Waals surface area contributed by atoms with Gasteiger partial charge in [0.15, 0.2) is 0 Å². The highest BCUT2D eigenvalue weighted by atomic mass is 35.5. The Morgan fingerprint density at radius 2 is 1.69 bits per heavy atom. The Kier molecular flexibility index (Phi) is 8.46. The lowest BCUT2D eigenvalue weighted by Crippen LogP contribution is -2.55. The van der Waals surface area contributed by atoms with Crippen LogP contribution in [0, 0.1) is 0 Å². The van der Waals surface area contributed by atoms with Gasteiger partial charge in [-0.2, -0.15) is 0 Å². The van der Waals surface area contributed by atoms with E-state index in [0.29, 0.717) is 23.6 Å². The summed E-state index contributed by atoms with van der Waals surface area (Å²) in [4.78, 5) is 0. The van der Waals surface area contributed by atoms with E-state index in [1.165, 1.54) is 0 Å². The average molecular weight is 425 g/mol. The molecule has 2 aromatic rings. The Bertz CT molecular complexity index is 779. The van der Waals surface area contributed by atoms with Gasteiger partial charge in [-0.3, -0.25) is 0 Å². The molecule has 1 saturated heterocycles. The van der Waals surface area contributed by atoms with Gasteiger partial charge in [0.05, 0.1) is 13.2 Å². The normalized spacial score (nSPS) is 26.6. The SMILES string of the molecule is C.CCOc1ccc(Cc2cc([C@@H]3O[C@H](CO)[C@@H](O)[C@H](O)[C@H]3O)ccc2Cl)cc1. The molecule has 0 bridgehead atoms. The largest absolute Gasteiger partial charge is 0.494 e. The summed E-state index contributed by atoms with van der Waals surface area (Å²) in [5.74, 6) is 0.799. The molecule has 3 rings (SSSR count). The number of hydrogen-bond donors (Lipinski definition) is 4. The zero-order valence-electron chi connectivity index (χ0n) is 15.5.